The number of nitrogens with zero attached hydrogens (tertiary/aromatic N) is 1. The summed E-state index contributed by atoms with van der Waals surface area (Å²) in [5.74, 6) is 0.597. The summed E-state index contributed by atoms with van der Waals surface area (Å²) in [5.41, 5.74) is 1.64. The normalized spacial score (nSPS) is 15.2. The first-order valence-electron chi connectivity index (χ1n) is 4.62. The third kappa shape index (κ3) is 1.69. The zero-order valence-electron chi connectivity index (χ0n) is 8.09. The van der Waals surface area contributed by atoms with E-state index < -0.39 is 0 Å². The molecule has 14 heavy (non-hydrogen) atoms. The van der Waals surface area contributed by atoms with Crippen molar-refractivity contribution >= 4 is 0 Å². The van der Waals surface area contributed by atoms with Gasteiger partial charge in [-0.2, -0.15) is 0 Å². The number of hydrogen-bond acceptors (Lipinski definition) is 4. The Morgan fingerprint density at radius 2 is 2.43 bits per heavy atom. The van der Waals surface area contributed by atoms with Crippen LogP contribution in [0.3, 0.4) is 0 Å². The SMILES string of the molecule is COCc1nc2c(c(=O)[nH]1)CCNC2. The van der Waals surface area contributed by atoms with E-state index in [0.717, 1.165) is 24.2 Å². The number of ether oxygens (including phenoxy) is 1. The Morgan fingerprint density at radius 3 is 3.21 bits per heavy atom. The third-order valence-corrected chi connectivity index (χ3v) is 2.28. The molecule has 5 heteroatoms. The molecule has 5 nitrogen and oxygen atoms in total. The minimum absolute atomic E-state index is 0.0245. The fraction of sp³-hybridized carbons (Fsp3) is 0.556. The summed E-state index contributed by atoms with van der Waals surface area (Å²) in [5, 5.41) is 3.18. The van der Waals surface area contributed by atoms with Crippen molar-refractivity contribution in [2.75, 3.05) is 13.7 Å². The summed E-state index contributed by atoms with van der Waals surface area (Å²) in [6, 6.07) is 0. The van der Waals surface area contributed by atoms with Crippen LogP contribution in [-0.2, 0) is 24.3 Å². The average Bonchev–Trinajstić information content (AvgIpc) is 2.18. The molecule has 0 radical (unpaired) electrons. The Morgan fingerprint density at radius 1 is 1.57 bits per heavy atom. The van der Waals surface area contributed by atoms with E-state index in [1.807, 2.05) is 0 Å². The Balaban J connectivity index is 2.41. The second kappa shape index (κ2) is 3.89. The fourth-order valence-corrected chi connectivity index (χ4v) is 1.63. The van der Waals surface area contributed by atoms with Crippen LogP contribution in [0.25, 0.3) is 0 Å². The molecule has 1 aliphatic heterocycles. The number of nitrogens with one attached hydrogen (secondary N) is 2. The number of H-pyrrole nitrogens is 1. The van der Waals surface area contributed by atoms with Gasteiger partial charge < -0.3 is 15.0 Å². The summed E-state index contributed by atoms with van der Waals surface area (Å²) in [6.07, 6.45) is 0.755. The van der Waals surface area contributed by atoms with Crippen molar-refractivity contribution in [1.29, 1.82) is 0 Å². The summed E-state index contributed by atoms with van der Waals surface area (Å²) in [6.45, 7) is 1.87. The molecule has 2 rings (SSSR count). The average molecular weight is 195 g/mol. The molecule has 76 valence electrons. The minimum Gasteiger partial charge on any atom is -0.377 e. The number of methoxy groups -OCH3 is 1. The molecule has 0 unspecified atom stereocenters. The van der Waals surface area contributed by atoms with Gasteiger partial charge in [0, 0.05) is 19.2 Å². The van der Waals surface area contributed by atoms with Crippen molar-refractivity contribution in [3.63, 3.8) is 0 Å². The molecule has 0 bridgehead atoms. The predicted molar refractivity (Wildman–Crippen MR) is 51.0 cm³/mol. The third-order valence-electron chi connectivity index (χ3n) is 2.28. The Bertz CT molecular complexity index is 386. The maximum absolute atomic E-state index is 11.6. The lowest BCUT2D eigenvalue weighted by Crippen LogP contribution is -2.32. The Hall–Kier alpha value is -1.20. The first-order chi connectivity index (χ1) is 6.81. The highest BCUT2D eigenvalue weighted by atomic mass is 16.5. The van der Waals surface area contributed by atoms with E-state index in [-0.39, 0.29) is 5.56 Å². The van der Waals surface area contributed by atoms with Gasteiger partial charge in [-0.3, -0.25) is 4.79 Å². The summed E-state index contributed by atoms with van der Waals surface area (Å²) in [7, 11) is 1.58. The zero-order valence-corrected chi connectivity index (χ0v) is 8.09. The molecule has 0 atom stereocenters. The Kier molecular flexibility index (Phi) is 2.60. The van der Waals surface area contributed by atoms with Gasteiger partial charge in [0.15, 0.2) is 0 Å². The minimum atomic E-state index is -0.0245. The van der Waals surface area contributed by atoms with E-state index in [1.165, 1.54) is 0 Å². The van der Waals surface area contributed by atoms with E-state index >= 15 is 0 Å². The highest BCUT2D eigenvalue weighted by Gasteiger charge is 2.14. The number of aromatic amines is 1. The van der Waals surface area contributed by atoms with E-state index in [4.69, 9.17) is 4.74 Å². The quantitative estimate of drug-likeness (QED) is 0.671. The van der Waals surface area contributed by atoms with Crippen molar-refractivity contribution in [2.45, 2.75) is 19.6 Å². The van der Waals surface area contributed by atoms with Crippen LogP contribution in [0.4, 0.5) is 0 Å². The molecule has 0 saturated carbocycles. The fourth-order valence-electron chi connectivity index (χ4n) is 1.63. The van der Waals surface area contributed by atoms with Crippen LogP contribution < -0.4 is 10.9 Å². The number of rotatable bonds is 2. The van der Waals surface area contributed by atoms with Gasteiger partial charge in [-0.15, -0.1) is 0 Å². The molecule has 0 saturated heterocycles. The number of hydrogen-bond donors (Lipinski definition) is 2. The molecule has 2 heterocycles. The molecule has 0 fully saturated rings. The van der Waals surface area contributed by atoms with Gasteiger partial charge in [-0.1, -0.05) is 0 Å². The largest absolute Gasteiger partial charge is 0.377 e. The van der Waals surface area contributed by atoms with Crippen LogP contribution in [0.15, 0.2) is 4.79 Å². The maximum Gasteiger partial charge on any atom is 0.254 e. The number of fused-ring (bicyclic) bond motifs is 1. The van der Waals surface area contributed by atoms with E-state index in [1.54, 1.807) is 7.11 Å². The van der Waals surface area contributed by atoms with Crippen LogP contribution in [0, 0.1) is 0 Å². The summed E-state index contributed by atoms with van der Waals surface area (Å²) in [4.78, 5) is 18.6. The molecule has 1 aliphatic rings. The molecule has 2 N–H and O–H groups in total. The van der Waals surface area contributed by atoms with Gasteiger partial charge in [-0.05, 0) is 13.0 Å². The highest BCUT2D eigenvalue weighted by Crippen LogP contribution is 2.06. The van der Waals surface area contributed by atoms with Crippen molar-refractivity contribution in [2.24, 2.45) is 0 Å². The van der Waals surface area contributed by atoms with Gasteiger partial charge >= 0.3 is 0 Å². The maximum atomic E-state index is 11.6. The van der Waals surface area contributed by atoms with Gasteiger partial charge in [-0.25, -0.2) is 4.98 Å². The summed E-state index contributed by atoms with van der Waals surface area (Å²) < 4.78 is 4.92. The highest BCUT2D eigenvalue weighted by molar-refractivity contribution is 5.20. The number of aromatic nitrogens is 2. The van der Waals surface area contributed by atoms with Crippen LogP contribution >= 0.6 is 0 Å². The monoisotopic (exact) mass is 195 g/mol. The smallest absolute Gasteiger partial charge is 0.254 e. The van der Waals surface area contributed by atoms with Gasteiger partial charge in [0.25, 0.3) is 5.56 Å². The van der Waals surface area contributed by atoms with Gasteiger partial charge in [0.1, 0.15) is 12.4 Å². The van der Waals surface area contributed by atoms with Gasteiger partial charge in [0.05, 0.1) is 5.69 Å². The zero-order chi connectivity index (χ0) is 9.97. The van der Waals surface area contributed by atoms with Crippen LogP contribution in [-0.4, -0.2) is 23.6 Å². The second-order valence-corrected chi connectivity index (χ2v) is 3.30. The van der Waals surface area contributed by atoms with Crippen molar-refractivity contribution in [1.82, 2.24) is 15.3 Å². The van der Waals surface area contributed by atoms with Crippen LogP contribution in [0.5, 0.6) is 0 Å². The first kappa shape index (κ1) is 9.36. The molecular formula is C9H13N3O2. The molecule has 0 aromatic carbocycles. The van der Waals surface area contributed by atoms with Crippen molar-refractivity contribution in [3.8, 4) is 0 Å². The first-order valence-corrected chi connectivity index (χ1v) is 4.62. The van der Waals surface area contributed by atoms with E-state index in [2.05, 4.69) is 15.3 Å². The lowest BCUT2D eigenvalue weighted by Gasteiger charge is -2.15. The topological polar surface area (TPSA) is 67.0 Å². The van der Waals surface area contributed by atoms with Crippen LogP contribution in [0.1, 0.15) is 17.1 Å². The molecule has 1 aromatic heterocycles. The second-order valence-electron chi connectivity index (χ2n) is 3.30. The summed E-state index contributed by atoms with van der Waals surface area (Å²) >= 11 is 0. The van der Waals surface area contributed by atoms with Crippen molar-refractivity contribution in [3.05, 3.63) is 27.4 Å². The molecule has 1 aromatic rings. The van der Waals surface area contributed by atoms with Gasteiger partial charge in [0.2, 0.25) is 0 Å². The van der Waals surface area contributed by atoms with E-state index in [9.17, 15) is 4.79 Å². The van der Waals surface area contributed by atoms with E-state index in [0.29, 0.717) is 19.0 Å². The molecule has 0 spiro atoms. The molecular weight excluding hydrogens is 182 g/mol. The Labute approximate surface area is 81.5 Å². The molecule has 0 amide bonds. The lowest BCUT2D eigenvalue weighted by molar-refractivity contribution is 0.177. The lowest BCUT2D eigenvalue weighted by atomic mass is 10.1. The predicted octanol–water partition coefficient (Wildman–Crippen LogP) is -0.438. The molecule has 0 aliphatic carbocycles. The van der Waals surface area contributed by atoms with Crippen LogP contribution in [0.2, 0.25) is 0 Å². The van der Waals surface area contributed by atoms with Crippen molar-refractivity contribution < 1.29 is 4.74 Å². The standard InChI is InChI=1S/C9H13N3O2/c1-14-5-8-11-7-4-10-3-2-6(7)9(13)12-8/h10H,2-5H2,1H3,(H,11,12,13).